The van der Waals surface area contributed by atoms with Gasteiger partial charge in [0.2, 0.25) is 5.91 Å². The third-order valence-electron chi connectivity index (χ3n) is 5.83. The number of thiophene rings is 1. The Morgan fingerprint density at radius 2 is 1.78 bits per heavy atom. The van der Waals surface area contributed by atoms with Crippen LogP contribution in [-0.4, -0.2) is 16.4 Å². The molecule has 1 aliphatic rings. The molecule has 1 N–H and O–H groups in total. The molecule has 0 saturated carbocycles. The van der Waals surface area contributed by atoms with Crippen molar-refractivity contribution in [1.29, 1.82) is 0 Å². The molecule has 0 radical (unpaired) electrons. The zero-order valence-electron chi connectivity index (χ0n) is 17.7. The first-order valence-corrected chi connectivity index (χ1v) is 11.4. The quantitative estimate of drug-likeness (QED) is 0.470. The third-order valence-corrected chi connectivity index (χ3v) is 6.80. The van der Waals surface area contributed by atoms with Crippen LogP contribution in [0.15, 0.2) is 78.3 Å². The molecule has 0 spiro atoms. The molecule has 6 heteroatoms. The van der Waals surface area contributed by atoms with Crippen molar-refractivity contribution < 1.29 is 9.59 Å². The number of benzene rings is 2. The highest BCUT2D eigenvalue weighted by Crippen LogP contribution is 2.34. The van der Waals surface area contributed by atoms with Gasteiger partial charge < -0.3 is 9.88 Å². The first-order chi connectivity index (χ1) is 15.6. The lowest BCUT2D eigenvalue weighted by Gasteiger charge is -2.20. The summed E-state index contributed by atoms with van der Waals surface area (Å²) in [5, 5.41) is 5.96. The van der Waals surface area contributed by atoms with Crippen molar-refractivity contribution in [2.24, 2.45) is 0 Å². The van der Waals surface area contributed by atoms with Crippen LogP contribution in [0.4, 0.5) is 10.7 Å². The lowest BCUT2D eigenvalue weighted by molar-refractivity contribution is -0.115. The molecule has 0 unspecified atom stereocenters. The Kier molecular flexibility index (Phi) is 5.37. The first kappa shape index (κ1) is 20.3. The summed E-state index contributed by atoms with van der Waals surface area (Å²) in [6.45, 7) is 3.31. The number of nitrogens with zero attached hydrogens (tertiary/aromatic N) is 2. The lowest BCUT2D eigenvalue weighted by Crippen LogP contribution is -2.29. The molecular weight excluding hydrogens is 418 g/mol. The van der Waals surface area contributed by atoms with E-state index in [2.05, 4.69) is 28.2 Å². The van der Waals surface area contributed by atoms with Crippen molar-refractivity contribution in [1.82, 2.24) is 4.57 Å². The molecule has 1 aliphatic heterocycles. The smallest absolute Gasteiger partial charge is 0.259 e. The average Bonchev–Trinajstić information content (AvgIpc) is 3.41. The molecule has 5 rings (SSSR count). The molecule has 2 aromatic carbocycles. The van der Waals surface area contributed by atoms with E-state index in [9.17, 15) is 9.59 Å². The number of aromatic nitrogens is 1. The van der Waals surface area contributed by atoms with E-state index in [1.54, 1.807) is 35.6 Å². The number of hydrogen-bond acceptors (Lipinski definition) is 3. The number of nitrogens with one attached hydrogen (secondary N) is 1. The van der Waals surface area contributed by atoms with Gasteiger partial charge in [0.05, 0.1) is 19.5 Å². The van der Waals surface area contributed by atoms with Crippen molar-refractivity contribution in [2.75, 3.05) is 10.2 Å². The van der Waals surface area contributed by atoms with Gasteiger partial charge in [0.15, 0.2) is 0 Å². The highest BCUT2D eigenvalue weighted by Gasteiger charge is 2.26. The summed E-state index contributed by atoms with van der Waals surface area (Å²) in [6.07, 6.45) is 2.38. The van der Waals surface area contributed by atoms with Crippen LogP contribution in [0.1, 0.15) is 32.7 Å². The molecule has 4 aromatic rings. The molecule has 3 heterocycles. The molecule has 0 aliphatic carbocycles. The second-order valence-corrected chi connectivity index (χ2v) is 8.89. The van der Waals surface area contributed by atoms with E-state index in [-0.39, 0.29) is 11.8 Å². The summed E-state index contributed by atoms with van der Waals surface area (Å²) in [6, 6.07) is 21.2. The minimum atomic E-state index is -0.0742. The third kappa shape index (κ3) is 3.97. The average molecular weight is 442 g/mol. The monoisotopic (exact) mass is 441 g/mol. The number of fused-ring (bicyclic) bond motifs is 2. The summed E-state index contributed by atoms with van der Waals surface area (Å²) in [5.41, 5.74) is 5.65. The number of hydrogen-bond donors (Lipinski definition) is 1. The zero-order valence-corrected chi connectivity index (χ0v) is 18.6. The molecule has 0 saturated heterocycles. The van der Waals surface area contributed by atoms with Crippen LogP contribution in [0.25, 0.3) is 0 Å². The van der Waals surface area contributed by atoms with Gasteiger partial charge in [-0.15, -0.1) is 11.3 Å². The zero-order chi connectivity index (χ0) is 22.1. The molecule has 160 valence electrons. The molecule has 0 atom stereocenters. The molecule has 0 fully saturated rings. The van der Waals surface area contributed by atoms with Gasteiger partial charge >= 0.3 is 0 Å². The van der Waals surface area contributed by atoms with Gasteiger partial charge in [-0.2, -0.15) is 0 Å². The van der Waals surface area contributed by atoms with E-state index in [0.717, 1.165) is 33.9 Å². The van der Waals surface area contributed by atoms with Crippen LogP contribution < -0.4 is 10.2 Å². The van der Waals surface area contributed by atoms with Crippen LogP contribution in [0, 0.1) is 6.92 Å². The number of rotatable bonds is 4. The fraction of sp³-hybridized carbons (Fsp3) is 0.154. The van der Waals surface area contributed by atoms with E-state index < -0.39 is 0 Å². The highest BCUT2D eigenvalue weighted by atomic mass is 32.1. The number of anilines is 2. The second kappa shape index (κ2) is 8.48. The van der Waals surface area contributed by atoms with Crippen molar-refractivity contribution in [3.8, 4) is 0 Å². The van der Waals surface area contributed by atoms with Crippen LogP contribution >= 0.6 is 11.3 Å². The van der Waals surface area contributed by atoms with Crippen LogP contribution in [0.5, 0.6) is 0 Å². The van der Waals surface area contributed by atoms with Crippen molar-refractivity contribution in [3.63, 3.8) is 0 Å². The lowest BCUT2D eigenvalue weighted by atomic mass is 10.1. The minimum Gasteiger partial charge on any atom is -0.345 e. The van der Waals surface area contributed by atoms with Gasteiger partial charge in [-0.1, -0.05) is 24.3 Å². The Morgan fingerprint density at radius 3 is 2.59 bits per heavy atom. The summed E-state index contributed by atoms with van der Waals surface area (Å²) in [5.74, 6) is -0.115. The van der Waals surface area contributed by atoms with Crippen LogP contribution in [0.2, 0.25) is 0 Å². The van der Waals surface area contributed by atoms with Crippen LogP contribution in [-0.2, 0) is 24.3 Å². The van der Waals surface area contributed by atoms with Gasteiger partial charge in [-0.05, 0) is 65.9 Å². The Hall–Kier alpha value is -3.64. The summed E-state index contributed by atoms with van der Waals surface area (Å²) in [7, 11) is 0. The predicted molar refractivity (Wildman–Crippen MR) is 128 cm³/mol. The van der Waals surface area contributed by atoms with Crippen molar-refractivity contribution >= 4 is 33.8 Å². The van der Waals surface area contributed by atoms with Gasteiger partial charge in [0, 0.05) is 28.7 Å². The first-order valence-electron chi connectivity index (χ1n) is 10.5. The van der Waals surface area contributed by atoms with E-state index in [1.807, 2.05) is 47.5 Å². The molecule has 2 aromatic heterocycles. The Morgan fingerprint density at radius 1 is 0.969 bits per heavy atom. The SMILES string of the molecule is Cc1ccccc1CC(=O)Nc1ccc(C(=O)N2Cc3cccn3Cc3ccsc32)cc1. The largest absolute Gasteiger partial charge is 0.345 e. The summed E-state index contributed by atoms with van der Waals surface area (Å²) < 4.78 is 2.19. The second-order valence-electron chi connectivity index (χ2n) is 8.00. The van der Waals surface area contributed by atoms with Gasteiger partial charge in [-0.3, -0.25) is 14.5 Å². The molecule has 2 amide bonds. The van der Waals surface area contributed by atoms with E-state index in [1.165, 1.54) is 0 Å². The van der Waals surface area contributed by atoms with Gasteiger partial charge in [0.1, 0.15) is 5.00 Å². The number of carbonyl (C=O) groups excluding carboxylic acids is 2. The Balaban J connectivity index is 1.31. The van der Waals surface area contributed by atoms with Crippen molar-refractivity contribution in [3.05, 3.63) is 106 Å². The predicted octanol–water partition coefficient (Wildman–Crippen LogP) is 5.25. The summed E-state index contributed by atoms with van der Waals surface area (Å²) >= 11 is 1.59. The van der Waals surface area contributed by atoms with E-state index >= 15 is 0 Å². The Bertz CT molecular complexity index is 1290. The minimum absolute atomic E-state index is 0.0406. The number of aryl methyl sites for hydroxylation is 1. The fourth-order valence-electron chi connectivity index (χ4n) is 4.05. The topological polar surface area (TPSA) is 54.3 Å². The van der Waals surface area contributed by atoms with Crippen LogP contribution in [0.3, 0.4) is 0 Å². The van der Waals surface area contributed by atoms with Crippen molar-refractivity contribution in [2.45, 2.75) is 26.4 Å². The normalized spacial score (nSPS) is 12.6. The molecular formula is C26H23N3O2S. The molecule has 32 heavy (non-hydrogen) atoms. The van der Waals surface area contributed by atoms with E-state index in [4.69, 9.17) is 0 Å². The Labute approximate surface area is 190 Å². The maximum Gasteiger partial charge on any atom is 0.259 e. The number of amides is 2. The maximum absolute atomic E-state index is 13.4. The number of carbonyl (C=O) groups is 2. The van der Waals surface area contributed by atoms with Gasteiger partial charge in [-0.25, -0.2) is 0 Å². The summed E-state index contributed by atoms with van der Waals surface area (Å²) in [4.78, 5) is 27.7. The molecule has 0 bridgehead atoms. The highest BCUT2D eigenvalue weighted by molar-refractivity contribution is 7.14. The fourth-order valence-corrected chi connectivity index (χ4v) is 4.97. The maximum atomic E-state index is 13.4. The van der Waals surface area contributed by atoms with Gasteiger partial charge in [0.25, 0.3) is 5.91 Å². The molecule has 5 nitrogen and oxygen atoms in total. The standard InChI is InChI=1S/C26H23N3O2S/c1-18-5-2-3-6-20(18)15-24(30)27-22-10-8-19(9-11-22)25(31)29-17-23-7-4-13-28(23)16-21-12-14-32-26(21)29/h2-14H,15-17H2,1H3,(H,27,30). The van der Waals surface area contributed by atoms with E-state index in [0.29, 0.717) is 24.2 Å².